The number of rotatable bonds is 7. The first-order chi connectivity index (χ1) is 20.5. The maximum absolute atomic E-state index is 12.8. The van der Waals surface area contributed by atoms with Gasteiger partial charge in [0.1, 0.15) is 36.8 Å². The third-order valence-corrected chi connectivity index (χ3v) is 6.68. The van der Waals surface area contributed by atoms with Crippen molar-refractivity contribution < 1.29 is 64.3 Å². The summed E-state index contributed by atoms with van der Waals surface area (Å²) in [6.45, 7) is -0.529. The van der Waals surface area contributed by atoms with E-state index in [4.69, 9.17) is 18.9 Å². The zero-order chi connectivity index (χ0) is 30.8. The fourth-order valence-electron chi connectivity index (χ4n) is 4.33. The van der Waals surface area contributed by atoms with E-state index in [-0.39, 0.29) is 34.3 Å². The minimum atomic E-state index is -1.79. The van der Waals surface area contributed by atoms with Gasteiger partial charge in [-0.2, -0.15) is 0 Å². The van der Waals surface area contributed by atoms with Crippen LogP contribution >= 0.6 is 0 Å². The lowest BCUT2D eigenvalue weighted by atomic mass is 9.99. The average Bonchev–Trinajstić information content (AvgIpc) is 3.30. The minimum absolute atomic E-state index is 0.00943. The summed E-state index contributed by atoms with van der Waals surface area (Å²) in [7, 11) is 0. The highest BCUT2D eigenvalue weighted by Gasteiger charge is 2.46. The van der Waals surface area contributed by atoms with Gasteiger partial charge in [-0.1, -0.05) is 18.2 Å². The van der Waals surface area contributed by atoms with Crippen molar-refractivity contribution in [1.82, 2.24) is 0 Å². The number of aromatic hydroxyl groups is 4. The van der Waals surface area contributed by atoms with Crippen molar-refractivity contribution in [3.8, 4) is 34.5 Å². The first-order valence-electron chi connectivity index (χ1n) is 12.8. The Morgan fingerprint density at radius 3 is 2.30 bits per heavy atom. The number of esters is 1. The van der Waals surface area contributed by atoms with E-state index in [0.717, 1.165) is 6.08 Å². The Morgan fingerprint density at radius 1 is 0.860 bits per heavy atom. The SMILES string of the molecule is O=C(C=Cc1ccc(O)cc1)OC[C@H]1O[C@@H](Oc2ccc3c(c2O)OC(=Cc2ccc(O)c(O)c2)C3=O)[C@H](O)[C@@H](O)[C@@H]1O. The number of carbonyl (C=O) groups excluding carboxylic acids is 2. The number of Topliss-reactive ketones (excluding diaryl/α,β-unsaturated/α-hetero) is 1. The molecule has 3 aromatic carbocycles. The number of hydrogen-bond acceptors (Lipinski definition) is 13. The molecule has 0 unspecified atom stereocenters. The van der Waals surface area contributed by atoms with Crippen LogP contribution in [-0.4, -0.2) is 84.8 Å². The molecule has 0 aromatic heterocycles. The molecule has 0 spiro atoms. The number of ether oxygens (including phenoxy) is 4. The van der Waals surface area contributed by atoms with Crippen LogP contribution < -0.4 is 9.47 Å². The summed E-state index contributed by atoms with van der Waals surface area (Å²) in [5.74, 6) is -3.45. The van der Waals surface area contributed by atoms with Gasteiger partial charge in [-0.25, -0.2) is 4.79 Å². The van der Waals surface area contributed by atoms with Crippen LogP contribution in [0.4, 0.5) is 0 Å². The highest BCUT2D eigenvalue weighted by atomic mass is 16.7. The maximum atomic E-state index is 12.8. The van der Waals surface area contributed by atoms with Crippen molar-refractivity contribution >= 4 is 23.9 Å². The van der Waals surface area contributed by atoms with E-state index in [0.29, 0.717) is 11.1 Å². The zero-order valence-corrected chi connectivity index (χ0v) is 22.1. The molecule has 224 valence electrons. The fraction of sp³-hybridized carbons (Fsp3) is 0.200. The number of hydrogen-bond donors (Lipinski definition) is 7. The molecule has 0 aliphatic carbocycles. The summed E-state index contributed by atoms with van der Waals surface area (Å²) in [6, 6.07) is 12.4. The van der Waals surface area contributed by atoms with Gasteiger partial charge in [-0.3, -0.25) is 4.79 Å². The van der Waals surface area contributed by atoms with Gasteiger partial charge in [-0.15, -0.1) is 0 Å². The van der Waals surface area contributed by atoms with Gasteiger partial charge in [0.2, 0.25) is 17.8 Å². The van der Waals surface area contributed by atoms with Crippen LogP contribution in [0.5, 0.6) is 34.5 Å². The molecule has 0 amide bonds. The summed E-state index contributed by atoms with van der Waals surface area (Å²) in [5.41, 5.74) is 0.930. The highest BCUT2D eigenvalue weighted by molar-refractivity contribution is 6.15. The molecule has 1 fully saturated rings. The number of carbonyl (C=O) groups is 2. The number of phenolic OH excluding ortho intramolecular Hbond substituents is 4. The Bertz CT molecular complexity index is 1590. The van der Waals surface area contributed by atoms with Crippen LogP contribution in [0.15, 0.2) is 66.4 Å². The number of benzene rings is 3. The third-order valence-electron chi connectivity index (χ3n) is 6.68. The van der Waals surface area contributed by atoms with Gasteiger partial charge >= 0.3 is 5.97 Å². The molecule has 2 aliphatic rings. The lowest BCUT2D eigenvalue weighted by Gasteiger charge is -2.39. The number of aliphatic hydroxyl groups is 3. The lowest BCUT2D eigenvalue weighted by Crippen LogP contribution is -2.60. The molecule has 43 heavy (non-hydrogen) atoms. The first-order valence-corrected chi connectivity index (χ1v) is 12.8. The van der Waals surface area contributed by atoms with Crippen LogP contribution in [0.2, 0.25) is 0 Å². The Morgan fingerprint density at radius 2 is 1.58 bits per heavy atom. The fourth-order valence-corrected chi connectivity index (χ4v) is 4.33. The predicted octanol–water partition coefficient (Wildman–Crippen LogP) is 1.57. The molecule has 2 aliphatic heterocycles. The van der Waals surface area contributed by atoms with E-state index in [1.807, 2.05) is 0 Å². The molecule has 0 saturated carbocycles. The van der Waals surface area contributed by atoms with Crippen LogP contribution in [0, 0.1) is 0 Å². The van der Waals surface area contributed by atoms with E-state index in [1.165, 1.54) is 54.6 Å². The van der Waals surface area contributed by atoms with Gasteiger partial charge < -0.3 is 54.7 Å². The lowest BCUT2D eigenvalue weighted by molar-refractivity contribution is -0.278. The second kappa shape index (κ2) is 12.0. The van der Waals surface area contributed by atoms with Gasteiger partial charge in [0.15, 0.2) is 28.8 Å². The molecule has 13 heteroatoms. The molecular weight excluding hydrogens is 568 g/mol. The quantitative estimate of drug-likeness (QED) is 0.118. The molecule has 0 radical (unpaired) electrons. The standard InChI is InChI=1S/C30H26O13/c31-16-5-1-14(2-6-16)4-10-23(34)40-13-22-25(36)27(38)28(39)30(43-22)42-20-9-7-17-24(35)21(41-29(17)26(20)37)12-15-3-8-18(32)19(33)11-15/h1-12,22,25,27-28,30-33,36-39H,13H2/t22-,25-,27+,28-,30-/m1/s1. The molecule has 0 bridgehead atoms. The number of aliphatic hydroxyl groups excluding tert-OH is 3. The van der Waals surface area contributed by atoms with Crippen molar-refractivity contribution in [2.75, 3.05) is 6.61 Å². The Labute approximate surface area is 243 Å². The van der Waals surface area contributed by atoms with Crippen LogP contribution in [0.25, 0.3) is 12.2 Å². The zero-order valence-electron chi connectivity index (χ0n) is 22.1. The Balaban J connectivity index is 1.26. The van der Waals surface area contributed by atoms with E-state index in [1.54, 1.807) is 12.1 Å². The summed E-state index contributed by atoms with van der Waals surface area (Å²) < 4.78 is 21.7. The molecule has 5 atom stereocenters. The smallest absolute Gasteiger partial charge is 0.330 e. The van der Waals surface area contributed by atoms with Crippen LogP contribution in [0.3, 0.4) is 0 Å². The highest BCUT2D eigenvalue weighted by Crippen LogP contribution is 2.45. The van der Waals surface area contributed by atoms with Gasteiger partial charge in [0.25, 0.3) is 0 Å². The van der Waals surface area contributed by atoms with Crippen LogP contribution in [0.1, 0.15) is 21.5 Å². The van der Waals surface area contributed by atoms with Crippen molar-refractivity contribution in [1.29, 1.82) is 0 Å². The van der Waals surface area contributed by atoms with E-state index in [2.05, 4.69) is 0 Å². The summed E-state index contributed by atoms with van der Waals surface area (Å²) >= 11 is 0. The number of fused-ring (bicyclic) bond motifs is 1. The molecule has 13 nitrogen and oxygen atoms in total. The monoisotopic (exact) mass is 594 g/mol. The predicted molar refractivity (Wildman–Crippen MR) is 146 cm³/mol. The largest absolute Gasteiger partial charge is 0.508 e. The second-order valence-corrected chi connectivity index (χ2v) is 9.66. The minimum Gasteiger partial charge on any atom is -0.508 e. The topological polar surface area (TPSA) is 213 Å². The average molecular weight is 595 g/mol. The number of allylic oxidation sites excluding steroid dienone is 1. The number of phenols is 4. The van der Waals surface area contributed by atoms with Crippen molar-refractivity contribution in [3.63, 3.8) is 0 Å². The molecule has 2 heterocycles. The molecular formula is C30H26O13. The molecule has 5 rings (SSSR count). The van der Waals surface area contributed by atoms with E-state index < -0.39 is 60.6 Å². The molecule has 1 saturated heterocycles. The third kappa shape index (κ3) is 6.24. The summed E-state index contributed by atoms with van der Waals surface area (Å²) in [5, 5.41) is 70.5. The van der Waals surface area contributed by atoms with Gasteiger partial charge in [-0.05, 0) is 59.7 Å². The van der Waals surface area contributed by atoms with Crippen molar-refractivity contribution in [3.05, 3.63) is 83.1 Å². The molecule has 3 aromatic rings. The van der Waals surface area contributed by atoms with Crippen molar-refractivity contribution in [2.45, 2.75) is 30.7 Å². The van der Waals surface area contributed by atoms with Crippen molar-refractivity contribution in [2.24, 2.45) is 0 Å². The van der Waals surface area contributed by atoms with E-state index in [9.17, 15) is 45.3 Å². The molecule has 7 N–H and O–H groups in total. The van der Waals surface area contributed by atoms with Crippen LogP contribution in [-0.2, 0) is 14.3 Å². The normalized spacial score (nSPS) is 24.1. The summed E-state index contributed by atoms with van der Waals surface area (Å²) in [4.78, 5) is 25.0. The van der Waals surface area contributed by atoms with Gasteiger partial charge in [0, 0.05) is 6.08 Å². The Hall–Kier alpha value is -5.08. The Kier molecular flexibility index (Phi) is 8.23. The maximum Gasteiger partial charge on any atom is 0.330 e. The van der Waals surface area contributed by atoms with Gasteiger partial charge in [0.05, 0.1) is 5.56 Å². The second-order valence-electron chi connectivity index (χ2n) is 9.66. The summed E-state index contributed by atoms with van der Waals surface area (Å²) in [6.07, 6.45) is -4.37. The number of ketones is 1. The first kappa shape index (κ1) is 29.4. The van der Waals surface area contributed by atoms with E-state index >= 15 is 0 Å².